The Morgan fingerprint density at radius 1 is 1.67 bits per heavy atom. The maximum Gasteiger partial charge on any atom is 0.223 e. The highest BCUT2D eigenvalue weighted by Gasteiger charge is 2.03. The highest BCUT2D eigenvalue weighted by atomic mass is 35.5. The Balaban J connectivity index is 3.46. The van der Waals surface area contributed by atoms with Gasteiger partial charge in [0.15, 0.2) is 0 Å². The molecule has 0 aliphatic carbocycles. The Morgan fingerprint density at radius 2 is 2.22 bits per heavy atom. The maximum atomic E-state index is 10.8. The molecule has 54 valence electrons. The smallest absolute Gasteiger partial charge is 0.223 e. The van der Waals surface area contributed by atoms with Crippen LogP contribution in [-0.2, 0) is 4.79 Å². The van der Waals surface area contributed by atoms with Crippen LogP contribution in [0.15, 0.2) is 0 Å². The average molecular weight is 150 g/mol. The average Bonchev–Trinajstić information content (AvgIpc) is 1.87. The Morgan fingerprint density at radius 3 is 2.56 bits per heavy atom. The molecule has 0 aromatic heterocycles. The van der Waals surface area contributed by atoms with Crippen molar-refractivity contribution in [2.75, 3.05) is 13.1 Å². The number of amides is 1. The lowest BCUT2D eigenvalue weighted by Gasteiger charge is -2.11. The van der Waals surface area contributed by atoms with Gasteiger partial charge in [-0.25, -0.2) is 0 Å². The molecule has 0 N–H and O–H groups in total. The Bertz CT molecular complexity index is 95.1. The first kappa shape index (κ1) is 8.76. The van der Waals surface area contributed by atoms with E-state index in [4.69, 9.17) is 11.6 Å². The van der Waals surface area contributed by atoms with E-state index in [1.807, 2.05) is 6.92 Å². The number of hydrogen-bond donors (Lipinski definition) is 0. The van der Waals surface area contributed by atoms with Crippen molar-refractivity contribution >= 4 is 17.5 Å². The molecule has 0 saturated heterocycles. The van der Waals surface area contributed by atoms with Gasteiger partial charge in [-0.15, -0.1) is 11.6 Å². The number of carbonyl (C=O) groups is 1. The van der Waals surface area contributed by atoms with Gasteiger partial charge in [-0.3, -0.25) is 4.79 Å². The van der Waals surface area contributed by atoms with Crippen molar-refractivity contribution in [2.24, 2.45) is 0 Å². The van der Waals surface area contributed by atoms with E-state index in [2.05, 4.69) is 0 Å². The van der Waals surface area contributed by atoms with E-state index >= 15 is 0 Å². The zero-order chi connectivity index (χ0) is 7.28. The normalized spacial score (nSPS) is 9.22. The minimum Gasteiger partial charge on any atom is -0.332 e. The molecule has 0 aromatic rings. The molecule has 3 heteroatoms. The van der Waals surface area contributed by atoms with Crippen molar-refractivity contribution < 1.29 is 4.79 Å². The van der Waals surface area contributed by atoms with Gasteiger partial charge in [-0.2, -0.15) is 0 Å². The minimum absolute atomic E-state index is 0.118. The van der Waals surface area contributed by atoms with E-state index in [9.17, 15) is 4.79 Å². The quantitative estimate of drug-likeness (QED) is 0.439. The van der Waals surface area contributed by atoms with Crippen molar-refractivity contribution in [3.05, 3.63) is 0 Å². The third kappa shape index (κ3) is 3.36. The van der Waals surface area contributed by atoms with E-state index in [0.717, 1.165) is 6.42 Å². The highest BCUT2D eigenvalue weighted by molar-refractivity contribution is 6.18. The van der Waals surface area contributed by atoms with E-state index < -0.39 is 0 Å². The predicted molar refractivity (Wildman–Crippen MR) is 38.4 cm³/mol. The summed E-state index contributed by atoms with van der Waals surface area (Å²) < 4.78 is 0. The molecule has 0 aromatic carbocycles. The van der Waals surface area contributed by atoms with Gasteiger partial charge in [0.1, 0.15) is 0 Å². The van der Waals surface area contributed by atoms with Crippen LogP contribution in [0.4, 0.5) is 0 Å². The molecule has 0 aliphatic rings. The van der Waals surface area contributed by atoms with Crippen LogP contribution in [-0.4, -0.2) is 23.9 Å². The number of rotatable bonds is 3. The van der Waals surface area contributed by atoms with Crippen molar-refractivity contribution in [1.29, 1.82) is 0 Å². The summed E-state index contributed by atoms with van der Waals surface area (Å²) in [5.74, 6) is 0.118. The molecule has 0 aliphatic heterocycles. The zero-order valence-electron chi connectivity index (χ0n) is 5.85. The van der Waals surface area contributed by atoms with Crippen LogP contribution in [0.5, 0.6) is 0 Å². The lowest BCUT2D eigenvalue weighted by atomic mass is 10.3. The SMILES string of the molecule is CCCC(=O)N(C)CCl. The first-order chi connectivity index (χ1) is 4.22. The zero-order valence-corrected chi connectivity index (χ0v) is 6.61. The van der Waals surface area contributed by atoms with Gasteiger partial charge in [0.2, 0.25) is 5.91 Å². The fourth-order valence-electron chi connectivity index (χ4n) is 0.471. The molecule has 0 unspecified atom stereocenters. The van der Waals surface area contributed by atoms with Crippen LogP contribution in [0.1, 0.15) is 19.8 Å². The molecule has 1 amide bonds. The summed E-state index contributed by atoms with van der Waals surface area (Å²) >= 11 is 5.39. The molecule has 0 saturated carbocycles. The summed E-state index contributed by atoms with van der Waals surface area (Å²) in [7, 11) is 1.70. The fourth-order valence-corrected chi connectivity index (χ4v) is 0.605. The summed E-state index contributed by atoms with van der Waals surface area (Å²) in [6, 6.07) is 0.291. The lowest BCUT2D eigenvalue weighted by Crippen LogP contribution is -2.24. The van der Waals surface area contributed by atoms with Crippen LogP contribution in [0.2, 0.25) is 0 Å². The largest absolute Gasteiger partial charge is 0.332 e. The number of hydrogen-bond acceptors (Lipinski definition) is 1. The summed E-state index contributed by atoms with van der Waals surface area (Å²) in [6.45, 7) is 1.97. The first-order valence-corrected chi connectivity index (χ1v) is 3.55. The topological polar surface area (TPSA) is 20.3 Å². The van der Waals surface area contributed by atoms with Gasteiger partial charge in [0.25, 0.3) is 0 Å². The second-order valence-corrected chi connectivity index (χ2v) is 2.20. The molecule has 0 fully saturated rings. The van der Waals surface area contributed by atoms with Gasteiger partial charge < -0.3 is 4.90 Å². The minimum atomic E-state index is 0.118. The molecule has 0 radical (unpaired) electrons. The van der Waals surface area contributed by atoms with Crippen molar-refractivity contribution in [1.82, 2.24) is 4.90 Å². The third-order valence-corrected chi connectivity index (χ3v) is 1.43. The fraction of sp³-hybridized carbons (Fsp3) is 0.833. The maximum absolute atomic E-state index is 10.8. The van der Waals surface area contributed by atoms with Gasteiger partial charge in [-0.05, 0) is 6.42 Å². The Hall–Kier alpha value is -0.240. The van der Waals surface area contributed by atoms with Crippen molar-refractivity contribution in [2.45, 2.75) is 19.8 Å². The van der Waals surface area contributed by atoms with Crippen LogP contribution >= 0.6 is 11.6 Å². The van der Waals surface area contributed by atoms with Crippen LogP contribution < -0.4 is 0 Å². The number of alkyl halides is 1. The first-order valence-electron chi connectivity index (χ1n) is 3.02. The van der Waals surface area contributed by atoms with Gasteiger partial charge in [0.05, 0.1) is 6.00 Å². The molecular weight excluding hydrogens is 138 g/mol. The lowest BCUT2D eigenvalue weighted by molar-refractivity contribution is -0.129. The molecule has 9 heavy (non-hydrogen) atoms. The van der Waals surface area contributed by atoms with Crippen LogP contribution in [0.25, 0.3) is 0 Å². The molecular formula is C6H12ClNO. The molecule has 0 heterocycles. The molecule has 0 rings (SSSR count). The molecule has 2 nitrogen and oxygen atoms in total. The summed E-state index contributed by atoms with van der Waals surface area (Å²) in [5.41, 5.74) is 0. The second-order valence-electron chi connectivity index (χ2n) is 1.96. The standard InChI is InChI=1S/C6H12ClNO/c1-3-4-6(9)8(2)5-7/h3-5H2,1-2H3. The van der Waals surface area contributed by atoms with E-state index in [0.29, 0.717) is 12.4 Å². The van der Waals surface area contributed by atoms with Crippen LogP contribution in [0.3, 0.4) is 0 Å². The number of nitrogens with zero attached hydrogens (tertiary/aromatic N) is 1. The van der Waals surface area contributed by atoms with Gasteiger partial charge in [-0.1, -0.05) is 6.92 Å². The van der Waals surface area contributed by atoms with E-state index in [-0.39, 0.29) is 5.91 Å². The number of halogens is 1. The molecule has 0 atom stereocenters. The monoisotopic (exact) mass is 149 g/mol. The Kier molecular flexibility index (Phi) is 4.50. The summed E-state index contributed by atoms with van der Waals surface area (Å²) in [6.07, 6.45) is 1.49. The van der Waals surface area contributed by atoms with Gasteiger partial charge in [0, 0.05) is 13.5 Å². The second kappa shape index (κ2) is 4.62. The highest BCUT2D eigenvalue weighted by Crippen LogP contribution is 1.94. The third-order valence-electron chi connectivity index (χ3n) is 1.07. The van der Waals surface area contributed by atoms with Crippen LogP contribution in [0, 0.1) is 0 Å². The summed E-state index contributed by atoms with van der Waals surface area (Å²) in [4.78, 5) is 12.3. The Labute approximate surface area is 60.8 Å². The molecule has 0 spiro atoms. The van der Waals surface area contributed by atoms with E-state index in [1.165, 1.54) is 4.90 Å². The van der Waals surface area contributed by atoms with E-state index in [1.54, 1.807) is 7.05 Å². The van der Waals surface area contributed by atoms with Crippen molar-refractivity contribution in [3.8, 4) is 0 Å². The summed E-state index contributed by atoms with van der Waals surface area (Å²) in [5, 5.41) is 0. The number of carbonyl (C=O) groups excluding carboxylic acids is 1. The van der Waals surface area contributed by atoms with Gasteiger partial charge >= 0.3 is 0 Å². The molecule has 0 bridgehead atoms. The van der Waals surface area contributed by atoms with Crippen molar-refractivity contribution in [3.63, 3.8) is 0 Å². The predicted octanol–water partition coefficient (Wildman–Crippen LogP) is 1.44.